The minimum Gasteiger partial charge on any atom is -0.356 e. The molecule has 0 aromatic heterocycles. The molecule has 3 N–H and O–H groups in total. The van der Waals surface area contributed by atoms with E-state index in [4.69, 9.17) is 11.0 Å². The Bertz CT molecular complexity index is 235. The standard InChI is InChI=1S/C10H17N3O/c11-6-1-2-7-13-9(14)10(8-12)4-3-5-10/h1-5,7-8,12H2,(H,13,14). The predicted octanol–water partition coefficient (Wildman–Crippen LogP) is 0.535. The first-order valence-electron chi connectivity index (χ1n) is 5.10. The first-order valence-corrected chi connectivity index (χ1v) is 5.10. The Kier molecular flexibility index (Phi) is 3.90. The molecule has 0 aliphatic heterocycles. The average Bonchev–Trinajstić information content (AvgIpc) is 2.12. The van der Waals surface area contributed by atoms with Gasteiger partial charge in [-0.25, -0.2) is 0 Å². The van der Waals surface area contributed by atoms with E-state index in [1.807, 2.05) is 6.07 Å². The fourth-order valence-corrected chi connectivity index (χ4v) is 1.68. The maximum absolute atomic E-state index is 11.7. The van der Waals surface area contributed by atoms with Gasteiger partial charge in [-0.15, -0.1) is 0 Å². The third kappa shape index (κ3) is 2.24. The lowest BCUT2D eigenvalue weighted by atomic mass is 9.68. The molecule has 4 nitrogen and oxygen atoms in total. The van der Waals surface area contributed by atoms with Crippen molar-refractivity contribution >= 4 is 5.91 Å². The Balaban J connectivity index is 2.24. The summed E-state index contributed by atoms with van der Waals surface area (Å²) in [6, 6.07) is 2.05. The molecule has 0 atom stereocenters. The highest BCUT2D eigenvalue weighted by molar-refractivity contribution is 5.83. The second-order valence-corrected chi connectivity index (χ2v) is 3.86. The van der Waals surface area contributed by atoms with Crippen molar-refractivity contribution in [2.24, 2.45) is 11.1 Å². The number of carbonyl (C=O) groups is 1. The number of nitriles is 1. The molecule has 1 rings (SSSR count). The summed E-state index contributed by atoms with van der Waals surface area (Å²) in [5.74, 6) is 0.0733. The minimum absolute atomic E-state index is 0.0733. The second-order valence-electron chi connectivity index (χ2n) is 3.86. The van der Waals surface area contributed by atoms with Gasteiger partial charge in [-0.2, -0.15) is 5.26 Å². The number of amides is 1. The van der Waals surface area contributed by atoms with Crippen LogP contribution in [0.3, 0.4) is 0 Å². The zero-order chi connectivity index (χ0) is 10.4. The van der Waals surface area contributed by atoms with Gasteiger partial charge in [-0.1, -0.05) is 6.42 Å². The monoisotopic (exact) mass is 195 g/mol. The van der Waals surface area contributed by atoms with E-state index in [9.17, 15) is 4.79 Å². The van der Waals surface area contributed by atoms with E-state index >= 15 is 0 Å². The summed E-state index contributed by atoms with van der Waals surface area (Å²) < 4.78 is 0. The molecule has 0 radical (unpaired) electrons. The maximum atomic E-state index is 11.7. The SMILES string of the molecule is N#CCCCNC(=O)C1(CN)CCC1. The Hall–Kier alpha value is -1.08. The van der Waals surface area contributed by atoms with Gasteiger partial charge in [0.2, 0.25) is 5.91 Å². The van der Waals surface area contributed by atoms with Crippen LogP contribution in [0.25, 0.3) is 0 Å². The van der Waals surface area contributed by atoms with E-state index in [2.05, 4.69) is 5.32 Å². The van der Waals surface area contributed by atoms with Crippen LogP contribution in [0.4, 0.5) is 0 Å². The molecule has 1 amide bonds. The van der Waals surface area contributed by atoms with Gasteiger partial charge < -0.3 is 11.1 Å². The van der Waals surface area contributed by atoms with Crippen LogP contribution in [0.15, 0.2) is 0 Å². The maximum Gasteiger partial charge on any atom is 0.227 e. The highest BCUT2D eigenvalue weighted by Gasteiger charge is 2.42. The molecule has 1 saturated carbocycles. The zero-order valence-electron chi connectivity index (χ0n) is 8.38. The molecule has 4 heteroatoms. The molecule has 14 heavy (non-hydrogen) atoms. The van der Waals surface area contributed by atoms with Crippen molar-refractivity contribution in [2.45, 2.75) is 32.1 Å². The van der Waals surface area contributed by atoms with Gasteiger partial charge in [0.25, 0.3) is 0 Å². The Morgan fingerprint density at radius 3 is 2.71 bits per heavy atom. The van der Waals surface area contributed by atoms with Crippen LogP contribution in [-0.2, 0) is 4.79 Å². The lowest BCUT2D eigenvalue weighted by molar-refractivity contribution is -0.135. The summed E-state index contributed by atoms with van der Waals surface area (Å²) in [4.78, 5) is 11.7. The summed E-state index contributed by atoms with van der Waals surface area (Å²) in [6.07, 6.45) is 4.14. The number of hydrogen-bond donors (Lipinski definition) is 2. The van der Waals surface area contributed by atoms with E-state index in [1.54, 1.807) is 0 Å². The number of nitrogens with one attached hydrogen (secondary N) is 1. The quantitative estimate of drug-likeness (QED) is 0.628. The lowest BCUT2D eigenvalue weighted by Gasteiger charge is -2.39. The summed E-state index contributed by atoms with van der Waals surface area (Å²) in [5.41, 5.74) is 5.30. The summed E-state index contributed by atoms with van der Waals surface area (Å²) in [6.45, 7) is 1.03. The third-order valence-electron chi connectivity index (χ3n) is 2.93. The van der Waals surface area contributed by atoms with Crippen molar-refractivity contribution in [3.63, 3.8) is 0 Å². The van der Waals surface area contributed by atoms with Crippen LogP contribution in [0, 0.1) is 16.7 Å². The van der Waals surface area contributed by atoms with Crippen molar-refractivity contribution in [1.82, 2.24) is 5.32 Å². The number of unbranched alkanes of at least 4 members (excludes halogenated alkanes) is 1. The van der Waals surface area contributed by atoms with E-state index in [0.717, 1.165) is 25.7 Å². The van der Waals surface area contributed by atoms with Crippen LogP contribution in [-0.4, -0.2) is 19.0 Å². The van der Waals surface area contributed by atoms with E-state index in [1.165, 1.54) is 0 Å². The van der Waals surface area contributed by atoms with E-state index in [0.29, 0.717) is 19.5 Å². The van der Waals surface area contributed by atoms with E-state index in [-0.39, 0.29) is 11.3 Å². The molecule has 0 aromatic rings. The molecule has 78 valence electrons. The highest BCUT2D eigenvalue weighted by Crippen LogP contribution is 2.39. The molecular formula is C10H17N3O. The molecule has 0 unspecified atom stereocenters. The summed E-state index contributed by atoms with van der Waals surface area (Å²) >= 11 is 0. The van der Waals surface area contributed by atoms with Crippen LogP contribution < -0.4 is 11.1 Å². The lowest BCUT2D eigenvalue weighted by Crippen LogP contribution is -2.50. The van der Waals surface area contributed by atoms with Crippen LogP contribution in [0.1, 0.15) is 32.1 Å². The van der Waals surface area contributed by atoms with Crippen molar-refractivity contribution in [1.29, 1.82) is 5.26 Å². The molecule has 0 spiro atoms. The van der Waals surface area contributed by atoms with Crippen LogP contribution >= 0.6 is 0 Å². The highest BCUT2D eigenvalue weighted by atomic mass is 16.2. The molecule has 0 saturated heterocycles. The average molecular weight is 195 g/mol. The predicted molar refractivity (Wildman–Crippen MR) is 53.2 cm³/mol. The van der Waals surface area contributed by atoms with Gasteiger partial charge in [-0.05, 0) is 19.3 Å². The number of rotatable bonds is 5. The van der Waals surface area contributed by atoms with Gasteiger partial charge >= 0.3 is 0 Å². The van der Waals surface area contributed by atoms with Crippen molar-refractivity contribution in [2.75, 3.05) is 13.1 Å². The Labute approximate surface area is 84.5 Å². The van der Waals surface area contributed by atoms with Crippen molar-refractivity contribution in [3.05, 3.63) is 0 Å². The minimum atomic E-state index is -0.285. The number of hydrogen-bond acceptors (Lipinski definition) is 3. The third-order valence-corrected chi connectivity index (χ3v) is 2.93. The normalized spacial score (nSPS) is 18.0. The number of carbonyl (C=O) groups excluding carboxylic acids is 1. The fourth-order valence-electron chi connectivity index (χ4n) is 1.68. The Morgan fingerprint density at radius 1 is 1.57 bits per heavy atom. The molecule has 1 fully saturated rings. The van der Waals surface area contributed by atoms with Gasteiger partial charge in [0.05, 0.1) is 11.5 Å². The first kappa shape index (κ1) is 11.0. The van der Waals surface area contributed by atoms with Crippen molar-refractivity contribution < 1.29 is 4.79 Å². The zero-order valence-corrected chi connectivity index (χ0v) is 8.38. The number of nitrogens with two attached hydrogens (primary N) is 1. The molecule has 1 aliphatic rings. The van der Waals surface area contributed by atoms with Gasteiger partial charge in [0.15, 0.2) is 0 Å². The van der Waals surface area contributed by atoms with Gasteiger partial charge in [0.1, 0.15) is 0 Å². The largest absolute Gasteiger partial charge is 0.356 e. The molecular weight excluding hydrogens is 178 g/mol. The first-order chi connectivity index (χ1) is 6.75. The van der Waals surface area contributed by atoms with E-state index < -0.39 is 0 Å². The van der Waals surface area contributed by atoms with Crippen LogP contribution in [0.2, 0.25) is 0 Å². The van der Waals surface area contributed by atoms with Gasteiger partial charge in [-0.3, -0.25) is 4.79 Å². The summed E-state index contributed by atoms with van der Waals surface area (Å²) in [7, 11) is 0. The molecule has 0 heterocycles. The second kappa shape index (κ2) is 4.97. The van der Waals surface area contributed by atoms with Crippen LogP contribution in [0.5, 0.6) is 0 Å². The number of nitrogens with zero attached hydrogens (tertiary/aromatic N) is 1. The van der Waals surface area contributed by atoms with Crippen molar-refractivity contribution in [3.8, 4) is 6.07 Å². The Morgan fingerprint density at radius 2 is 2.29 bits per heavy atom. The molecule has 0 aromatic carbocycles. The molecule has 1 aliphatic carbocycles. The summed E-state index contributed by atoms with van der Waals surface area (Å²) in [5, 5.41) is 11.2. The smallest absolute Gasteiger partial charge is 0.227 e. The topological polar surface area (TPSA) is 78.9 Å². The fraction of sp³-hybridized carbons (Fsp3) is 0.800. The molecule has 0 bridgehead atoms. The van der Waals surface area contributed by atoms with Gasteiger partial charge in [0, 0.05) is 19.5 Å².